The van der Waals surface area contributed by atoms with Gasteiger partial charge in [-0.15, -0.1) is 0 Å². The van der Waals surface area contributed by atoms with Gasteiger partial charge in [-0.3, -0.25) is 4.79 Å². The molecule has 0 saturated heterocycles. The summed E-state index contributed by atoms with van der Waals surface area (Å²) in [7, 11) is 2.14. The van der Waals surface area contributed by atoms with Crippen LogP contribution in [0.3, 0.4) is 0 Å². The van der Waals surface area contributed by atoms with Crippen molar-refractivity contribution in [2.45, 2.75) is 44.6 Å². The largest absolute Gasteiger partial charge is 0.303 e. The van der Waals surface area contributed by atoms with E-state index in [4.69, 9.17) is 11.6 Å². The van der Waals surface area contributed by atoms with Gasteiger partial charge in [0.05, 0.1) is 0 Å². The Labute approximate surface area is 120 Å². The van der Waals surface area contributed by atoms with Gasteiger partial charge in [-0.1, -0.05) is 43.0 Å². The van der Waals surface area contributed by atoms with Gasteiger partial charge in [-0.2, -0.15) is 0 Å². The molecule has 1 fully saturated rings. The van der Waals surface area contributed by atoms with Crippen molar-refractivity contribution in [3.05, 3.63) is 34.9 Å². The maximum Gasteiger partial charge on any atom is 0.164 e. The number of halogens is 1. The van der Waals surface area contributed by atoms with E-state index in [1.165, 1.54) is 32.1 Å². The molecule has 2 nitrogen and oxygen atoms in total. The lowest BCUT2D eigenvalue weighted by Crippen LogP contribution is -2.34. The Morgan fingerprint density at radius 3 is 2.74 bits per heavy atom. The second kappa shape index (κ2) is 7.06. The van der Waals surface area contributed by atoms with Crippen LogP contribution in [0.15, 0.2) is 24.3 Å². The summed E-state index contributed by atoms with van der Waals surface area (Å²) in [5.74, 6) is 0.185. The first-order valence-corrected chi connectivity index (χ1v) is 7.53. The predicted molar refractivity (Wildman–Crippen MR) is 79.9 cm³/mol. The zero-order valence-corrected chi connectivity index (χ0v) is 12.3. The van der Waals surface area contributed by atoms with E-state index in [0.29, 0.717) is 17.5 Å². The molecule has 1 aliphatic carbocycles. The van der Waals surface area contributed by atoms with Gasteiger partial charge in [0.25, 0.3) is 0 Å². The lowest BCUT2D eigenvalue weighted by molar-refractivity contribution is 0.0952. The minimum atomic E-state index is 0.185. The molecule has 19 heavy (non-hydrogen) atoms. The fourth-order valence-corrected chi connectivity index (χ4v) is 2.98. The molecular formula is C16H22ClNO. The van der Waals surface area contributed by atoms with Crippen molar-refractivity contribution >= 4 is 17.4 Å². The molecule has 3 heteroatoms. The fraction of sp³-hybridized carbons (Fsp3) is 0.562. The number of carbonyl (C=O) groups excluding carboxylic acids is 1. The standard InChI is InChI=1S/C16H22ClNO/c1-18(15-8-3-2-4-9-15)11-10-16(19)13-6-5-7-14(17)12-13/h5-7,12,15H,2-4,8-11H2,1H3. The number of benzene rings is 1. The van der Waals surface area contributed by atoms with E-state index < -0.39 is 0 Å². The number of carbonyl (C=O) groups is 1. The summed E-state index contributed by atoms with van der Waals surface area (Å²) in [6.07, 6.45) is 7.16. The average Bonchev–Trinajstić information content (AvgIpc) is 2.45. The molecule has 0 bridgehead atoms. The predicted octanol–water partition coefficient (Wildman–Crippen LogP) is 4.18. The first kappa shape index (κ1) is 14.5. The maximum atomic E-state index is 12.1. The summed E-state index contributed by atoms with van der Waals surface area (Å²) in [5.41, 5.74) is 0.726. The molecule has 0 heterocycles. The van der Waals surface area contributed by atoms with Crippen molar-refractivity contribution in [3.63, 3.8) is 0 Å². The van der Waals surface area contributed by atoms with Crippen LogP contribution in [0.1, 0.15) is 48.9 Å². The Kier molecular flexibility index (Phi) is 5.41. The third kappa shape index (κ3) is 4.32. The number of ketones is 1. The summed E-state index contributed by atoms with van der Waals surface area (Å²) >= 11 is 5.91. The highest BCUT2D eigenvalue weighted by Gasteiger charge is 2.18. The highest BCUT2D eigenvalue weighted by Crippen LogP contribution is 2.22. The molecule has 104 valence electrons. The first-order valence-electron chi connectivity index (χ1n) is 7.16. The molecule has 2 rings (SSSR count). The van der Waals surface area contributed by atoms with E-state index in [2.05, 4.69) is 11.9 Å². The fourth-order valence-electron chi connectivity index (χ4n) is 2.79. The smallest absolute Gasteiger partial charge is 0.164 e. The van der Waals surface area contributed by atoms with Crippen molar-refractivity contribution in [1.29, 1.82) is 0 Å². The van der Waals surface area contributed by atoms with Crippen molar-refractivity contribution in [2.75, 3.05) is 13.6 Å². The van der Waals surface area contributed by atoms with Gasteiger partial charge in [0, 0.05) is 29.6 Å². The van der Waals surface area contributed by atoms with Crippen LogP contribution in [0.4, 0.5) is 0 Å². The first-order chi connectivity index (χ1) is 9.16. The molecule has 0 aromatic heterocycles. The number of hydrogen-bond acceptors (Lipinski definition) is 2. The lowest BCUT2D eigenvalue weighted by Gasteiger charge is -2.30. The minimum Gasteiger partial charge on any atom is -0.303 e. The van der Waals surface area contributed by atoms with Crippen LogP contribution in [0, 0.1) is 0 Å². The summed E-state index contributed by atoms with van der Waals surface area (Å²) in [6, 6.07) is 7.90. The molecule has 0 radical (unpaired) electrons. The van der Waals surface area contributed by atoms with Gasteiger partial charge in [0.15, 0.2) is 5.78 Å². The molecule has 0 amide bonds. The average molecular weight is 280 g/mol. The molecular weight excluding hydrogens is 258 g/mol. The molecule has 0 atom stereocenters. The second-order valence-electron chi connectivity index (χ2n) is 5.46. The van der Waals surface area contributed by atoms with Gasteiger partial charge >= 0.3 is 0 Å². The van der Waals surface area contributed by atoms with Gasteiger partial charge in [0.2, 0.25) is 0 Å². The van der Waals surface area contributed by atoms with Gasteiger partial charge in [0.1, 0.15) is 0 Å². The molecule has 1 aliphatic rings. The summed E-state index contributed by atoms with van der Waals surface area (Å²) in [5, 5.41) is 0.631. The zero-order valence-electron chi connectivity index (χ0n) is 11.6. The normalized spacial score (nSPS) is 16.8. The molecule has 0 aliphatic heterocycles. The maximum absolute atomic E-state index is 12.1. The van der Waals surface area contributed by atoms with Crippen LogP contribution in [-0.4, -0.2) is 30.3 Å². The van der Waals surface area contributed by atoms with E-state index in [9.17, 15) is 4.79 Å². The van der Waals surface area contributed by atoms with Crippen molar-refractivity contribution in [3.8, 4) is 0 Å². The third-order valence-corrected chi connectivity index (χ3v) is 4.27. The Balaban J connectivity index is 1.82. The van der Waals surface area contributed by atoms with Crippen LogP contribution in [0.2, 0.25) is 5.02 Å². The minimum absolute atomic E-state index is 0.185. The van der Waals surface area contributed by atoms with E-state index in [1.54, 1.807) is 12.1 Å². The molecule has 1 saturated carbocycles. The van der Waals surface area contributed by atoms with Crippen LogP contribution in [0.25, 0.3) is 0 Å². The van der Waals surface area contributed by atoms with Gasteiger partial charge in [-0.05, 0) is 32.0 Å². The van der Waals surface area contributed by atoms with Gasteiger partial charge in [-0.25, -0.2) is 0 Å². The third-order valence-electron chi connectivity index (χ3n) is 4.04. The number of rotatable bonds is 5. The second-order valence-corrected chi connectivity index (χ2v) is 5.89. The highest BCUT2D eigenvalue weighted by molar-refractivity contribution is 6.31. The molecule has 0 spiro atoms. The van der Waals surface area contributed by atoms with Crippen LogP contribution in [-0.2, 0) is 0 Å². The molecule has 1 aromatic rings. The highest BCUT2D eigenvalue weighted by atomic mass is 35.5. The topological polar surface area (TPSA) is 20.3 Å². The Morgan fingerprint density at radius 1 is 1.32 bits per heavy atom. The summed E-state index contributed by atoms with van der Waals surface area (Å²) in [6.45, 7) is 0.843. The van der Waals surface area contributed by atoms with Crippen molar-refractivity contribution < 1.29 is 4.79 Å². The molecule has 0 N–H and O–H groups in total. The van der Waals surface area contributed by atoms with Crippen molar-refractivity contribution in [1.82, 2.24) is 4.90 Å². The molecule has 0 unspecified atom stereocenters. The number of Topliss-reactive ketones (excluding diaryl/α,β-unsaturated/α-hetero) is 1. The van der Waals surface area contributed by atoms with E-state index in [-0.39, 0.29) is 5.78 Å². The van der Waals surface area contributed by atoms with Crippen LogP contribution < -0.4 is 0 Å². The van der Waals surface area contributed by atoms with Crippen LogP contribution >= 0.6 is 11.6 Å². The van der Waals surface area contributed by atoms with Gasteiger partial charge < -0.3 is 4.90 Å². The lowest BCUT2D eigenvalue weighted by atomic mass is 9.94. The Bertz CT molecular complexity index is 427. The van der Waals surface area contributed by atoms with E-state index in [1.807, 2.05) is 12.1 Å². The molecule has 1 aromatic carbocycles. The monoisotopic (exact) mass is 279 g/mol. The summed E-state index contributed by atoms with van der Waals surface area (Å²) in [4.78, 5) is 14.4. The quantitative estimate of drug-likeness (QED) is 0.754. The Morgan fingerprint density at radius 2 is 2.05 bits per heavy atom. The SMILES string of the molecule is CN(CCC(=O)c1cccc(Cl)c1)C1CCCCC1. The van der Waals surface area contributed by atoms with E-state index in [0.717, 1.165) is 12.1 Å². The zero-order chi connectivity index (χ0) is 13.7. The van der Waals surface area contributed by atoms with Crippen LogP contribution in [0.5, 0.6) is 0 Å². The summed E-state index contributed by atoms with van der Waals surface area (Å²) < 4.78 is 0. The number of hydrogen-bond donors (Lipinski definition) is 0. The van der Waals surface area contributed by atoms with E-state index >= 15 is 0 Å². The number of nitrogens with zero attached hydrogens (tertiary/aromatic N) is 1. The Hall–Kier alpha value is -0.860. The van der Waals surface area contributed by atoms with Crippen molar-refractivity contribution in [2.24, 2.45) is 0 Å².